The molecule has 0 bridgehead atoms. The minimum atomic E-state index is -0.984. The van der Waals surface area contributed by atoms with Crippen LogP contribution >= 0.6 is 0 Å². The predicted octanol–water partition coefficient (Wildman–Crippen LogP) is 2.31. The fourth-order valence-electron chi connectivity index (χ4n) is 1.52. The van der Waals surface area contributed by atoms with Gasteiger partial charge in [-0.3, -0.25) is 4.79 Å². The number of carbonyl (C=O) groups is 1. The van der Waals surface area contributed by atoms with E-state index >= 15 is 0 Å². The molecule has 4 nitrogen and oxygen atoms in total. The van der Waals surface area contributed by atoms with Crippen LogP contribution in [0.3, 0.4) is 0 Å². The van der Waals surface area contributed by atoms with Gasteiger partial charge in [0.1, 0.15) is 11.5 Å². The minimum Gasteiger partial charge on any atom is -0.478 e. The molecule has 1 heterocycles. The van der Waals surface area contributed by atoms with Crippen molar-refractivity contribution in [2.45, 2.75) is 6.92 Å². The Bertz CT molecular complexity index is 608. The lowest BCUT2D eigenvalue weighted by Crippen LogP contribution is -1.99. The van der Waals surface area contributed by atoms with Gasteiger partial charge in [-0.2, -0.15) is 0 Å². The molecule has 0 aliphatic rings. The number of benzene rings is 1. The Balaban J connectivity index is 2.46. The van der Waals surface area contributed by atoms with E-state index in [0.29, 0.717) is 17.1 Å². The van der Waals surface area contributed by atoms with Crippen LogP contribution < -0.4 is 5.43 Å². The summed E-state index contributed by atoms with van der Waals surface area (Å²) >= 11 is 0. The molecule has 17 heavy (non-hydrogen) atoms. The largest absolute Gasteiger partial charge is 0.478 e. The van der Waals surface area contributed by atoms with E-state index in [9.17, 15) is 9.59 Å². The standard InChI is InChI=1S/C13H10O4/c1-8-6-11(14)7-12(17-8)9-2-4-10(5-3-9)13(15)16/h2-7H,1H3,(H,15,16). The number of rotatable bonds is 2. The molecular formula is C13H10O4. The molecule has 1 aromatic carbocycles. The molecular weight excluding hydrogens is 220 g/mol. The highest BCUT2D eigenvalue weighted by atomic mass is 16.4. The Morgan fingerprint density at radius 2 is 1.82 bits per heavy atom. The first-order valence-corrected chi connectivity index (χ1v) is 5.02. The maximum atomic E-state index is 11.3. The van der Waals surface area contributed by atoms with Gasteiger partial charge in [0.2, 0.25) is 0 Å². The van der Waals surface area contributed by atoms with Gasteiger partial charge < -0.3 is 9.52 Å². The van der Waals surface area contributed by atoms with Crippen LogP contribution in [-0.2, 0) is 0 Å². The van der Waals surface area contributed by atoms with Gasteiger partial charge in [0.05, 0.1) is 5.56 Å². The topological polar surface area (TPSA) is 67.5 Å². The van der Waals surface area contributed by atoms with Gasteiger partial charge >= 0.3 is 5.97 Å². The van der Waals surface area contributed by atoms with Crippen molar-refractivity contribution in [1.82, 2.24) is 0 Å². The van der Waals surface area contributed by atoms with Gasteiger partial charge in [0.15, 0.2) is 5.43 Å². The molecule has 0 saturated heterocycles. The highest BCUT2D eigenvalue weighted by Gasteiger charge is 2.05. The average Bonchev–Trinajstić information content (AvgIpc) is 2.28. The molecule has 4 heteroatoms. The second-order valence-electron chi connectivity index (χ2n) is 3.65. The summed E-state index contributed by atoms with van der Waals surface area (Å²) in [7, 11) is 0. The SMILES string of the molecule is Cc1cc(=O)cc(-c2ccc(C(=O)O)cc2)o1. The van der Waals surface area contributed by atoms with Gasteiger partial charge in [0, 0.05) is 17.7 Å². The monoisotopic (exact) mass is 230 g/mol. The lowest BCUT2D eigenvalue weighted by atomic mass is 10.1. The van der Waals surface area contributed by atoms with Crippen molar-refractivity contribution in [3.63, 3.8) is 0 Å². The van der Waals surface area contributed by atoms with E-state index in [0.717, 1.165) is 0 Å². The fraction of sp³-hybridized carbons (Fsp3) is 0.0769. The quantitative estimate of drug-likeness (QED) is 0.859. The summed E-state index contributed by atoms with van der Waals surface area (Å²) in [4.78, 5) is 22.0. The Hall–Kier alpha value is -2.36. The van der Waals surface area contributed by atoms with E-state index < -0.39 is 5.97 Å². The smallest absolute Gasteiger partial charge is 0.335 e. The first-order chi connectivity index (χ1) is 8.06. The minimum absolute atomic E-state index is 0.133. The summed E-state index contributed by atoms with van der Waals surface area (Å²) in [5, 5.41) is 8.76. The number of carboxylic acids is 1. The average molecular weight is 230 g/mol. The zero-order valence-electron chi connectivity index (χ0n) is 9.14. The normalized spacial score (nSPS) is 10.2. The summed E-state index contributed by atoms with van der Waals surface area (Å²) < 4.78 is 5.40. The van der Waals surface area contributed by atoms with E-state index in [2.05, 4.69) is 0 Å². The highest BCUT2D eigenvalue weighted by Crippen LogP contribution is 2.19. The van der Waals surface area contributed by atoms with Gasteiger partial charge in [-0.15, -0.1) is 0 Å². The Labute approximate surface area is 97.1 Å². The van der Waals surface area contributed by atoms with Crippen LogP contribution in [0, 0.1) is 6.92 Å². The van der Waals surface area contributed by atoms with Gasteiger partial charge in [0.25, 0.3) is 0 Å². The molecule has 0 amide bonds. The van der Waals surface area contributed by atoms with Crippen molar-refractivity contribution in [3.8, 4) is 11.3 Å². The van der Waals surface area contributed by atoms with Crippen LogP contribution in [0.2, 0.25) is 0 Å². The first-order valence-electron chi connectivity index (χ1n) is 5.02. The molecule has 0 aliphatic carbocycles. The molecule has 0 aliphatic heterocycles. The van der Waals surface area contributed by atoms with Crippen molar-refractivity contribution < 1.29 is 14.3 Å². The van der Waals surface area contributed by atoms with Crippen molar-refractivity contribution >= 4 is 5.97 Å². The third-order valence-corrected chi connectivity index (χ3v) is 2.31. The van der Waals surface area contributed by atoms with Crippen LogP contribution in [0.25, 0.3) is 11.3 Å². The lowest BCUT2D eigenvalue weighted by molar-refractivity contribution is 0.0697. The van der Waals surface area contributed by atoms with E-state index in [1.165, 1.54) is 24.3 Å². The second-order valence-corrected chi connectivity index (χ2v) is 3.65. The molecule has 1 N–H and O–H groups in total. The first kappa shape index (κ1) is 11.1. The number of aromatic carboxylic acids is 1. The summed E-state index contributed by atoms with van der Waals surface area (Å²) in [5.74, 6) is -0.0241. The summed E-state index contributed by atoms with van der Waals surface area (Å²) in [5.41, 5.74) is 0.741. The molecule has 86 valence electrons. The summed E-state index contributed by atoms with van der Waals surface area (Å²) in [6.07, 6.45) is 0. The molecule has 0 fully saturated rings. The van der Waals surface area contributed by atoms with Gasteiger partial charge in [-0.25, -0.2) is 4.79 Å². The van der Waals surface area contributed by atoms with Gasteiger partial charge in [-0.1, -0.05) is 12.1 Å². The molecule has 0 atom stereocenters. The van der Waals surface area contributed by atoms with Crippen molar-refractivity contribution in [3.05, 3.63) is 57.9 Å². The molecule has 0 radical (unpaired) electrons. The van der Waals surface area contributed by atoms with E-state index in [4.69, 9.17) is 9.52 Å². The fourth-order valence-corrected chi connectivity index (χ4v) is 1.52. The zero-order valence-corrected chi connectivity index (χ0v) is 9.14. The van der Waals surface area contributed by atoms with E-state index in [1.807, 2.05) is 0 Å². The Morgan fingerprint density at radius 3 is 2.35 bits per heavy atom. The van der Waals surface area contributed by atoms with Crippen LogP contribution in [-0.4, -0.2) is 11.1 Å². The van der Waals surface area contributed by atoms with Crippen LogP contribution in [0.15, 0.2) is 45.6 Å². The van der Waals surface area contributed by atoms with Gasteiger partial charge in [-0.05, 0) is 19.1 Å². The molecule has 1 aromatic heterocycles. The second kappa shape index (κ2) is 4.25. The summed E-state index contributed by atoms with van der Waals surface area (Å²) in [6, 6.07) is 8.94. The van der Waals surface area contributed by atoms with Crippen LogP contribution in [0.5, 0.6) is 0 Å². The summed E-state index contributed by atoms with van der Waals surface area (Å²) in [6.45, 7) is 1.69. The highest BCUT2D eigenvalue weighted by molar-refractivity contribution is 5.88. The van der Waals surface area contributed by atoms with Crippen LogP contribution in [0.1, 0.15) is 16.1 Å². The van der Waals surface area contributed by atoms with Crippen molar-refractivity contribution in [2.75, 3.05) is 0 Å². The Kier molecular flexibility index (Phi) is 2.78. The number of carboxylic acid groups (broad SMARTS) is 1. The lowest BCUT2D eigenvalue weighted by Gasteiger charge is -2.02. The van der Waals surface area contributed by atoms with E-state index in [-0.39, 0.29) is 11.0 Å². The maximum absolute atomic E-state index is 11.3. The third kappa shape index (κ3) is 2.42. The van der Waals surface area contributed by atoms with E-state index in [1.54, 1.807) is 19.1 Å². The molecule has 2 rings (SSSR count). The maximum Gasteiger partial charge on any atom is 0.335 e. The van der Waals surface area contributed by atoms with Crippen molar-refractivity contribution in [1.29, 1.82) is 0 Å². The van der Waals surface area contributed by atoms with Crippen LogP contribution in [0.4, 0.5) is 0 Å². The zero-order chi connectivity index (χ0) is 12.4. The molecule has 0 spiro atoms. The third-order valence-electron chi connectivity index (χ3n) is 2.31. The molecule has 2 aromatic rings. The van der Waals surface area contributed by atoms with Crippen molar-refractivity contribution in [2.24, 2.45) is 0 Å². The predicted molar refractivity (Wildman–Crippen MR) is 62.1 cm³/mol. The molecule has 0 unspecified atom stereocenters. The number of hydrogen-bond donors (Lipinski definition) is 1. The number of aryl methyl sites for hydroxylation is 1. The Morgan fingerprint density at radius 1 is 1.18 bits per heavy atom. The molecule has 0 saturated carbocycles. The number of hydrogen-bond acceptors (Lipinski definition) is 3.